The molecule has 0 spiro atoms. The average molecular weight is 286 g/mol. The fraction of sp³-hybridized carbons (Fsp3) is 0.400. The Kier molecular flexibility index (Phi) is 3.40. The standard InChI is InChI=1S/C10H12BrN3O2/c11-6-3-8(9(12)13-4-6)10(15)14-7-1-2-16-5-7/h3-4,7H,1-2,5H2,(H2,12,13)(H,14,15)/t7-/m0/s1. The van der Waals surface area contributed by atoms with E-state index in [1.54, 1.807) is 12.3 Å². The first kappa shape index (κ1) is 11.3. The van der Waals surface area contributed by atoms with Crippen LogP contribution in [0.1, 0.15) is 16.8 Å². The summed E-state index contributed by atoms with van der Waals surface area (Å²) in [5.41, 5.74) is 6.03. The van der Waals surface area contributed by atoms with Crippen molar-refractivity contribution in [2.45, 2.75) is 12.5 Å². The van der Waals surface area contributed by atoms with Crippen LogP contribution in [0, 0.1) is 0 Å². The summed E-state index contributed by atoms with van der Waals surface area (Å²) in [6.45, 7) is 1.25. The highest BCUT2D eigenvalue weighted by Crippen LogP contribution is 2.16. The van der Waals surface area contributed by atoms with E-state index in [0.29, 0.717) is 18.8 Å². The van der Waals surface area contributed by atoms with Crippen molar-refractivity contribution in [3.8, 4) is 0 Å². The van der Waals surface area contributed by atoms with Crippen LogP contribution in [0.5, 0.6) is 0 Å². The van der Waals surface area contributed by atoms with Crippen molar-refractivity contribution in [1.82, 2.24) is 10.3 Å². The minimum atomic E-state index is -0.207. The Hall–Kier alpha value is -1.14. The van der Waals surface area contributed by atoms with Crippen molar-refractivity contribution in [2.24, 2.45) is 0 Å². The van der Waals surface area contributed by atoms with Gasteiger partial charge in [0.05, 0.1) is 18.2 Å². The number of nitrogens with one attached hydrogen (secondary N) is 1. The highest BCUT2D eigenvalue weighted by Gasteiger charge is 2.20. The molecule has 1 fully saturated rings. The van der Waals surface area contributed by atoms with Crippen molar-refractivity contribution in [2.75, 3.05) is 18.9 Å². The summed E-state index contributed by atoms with van der Waals surface area (Å²) in [6.07, 6.45) is 2.40. The van der Waals surface area contributed by atoms with Gasteiger partial charge in [0.1, 0.15) is 5.82 Å². The second-order valence-corrected chi connectivity index (χ2v) is 4.54. The van der Waals surface area contributed by atoms with Gasteiger partial charge in [-0.05, 0) is 28.4 Å². The van der Waals surface area contributed by atoms with E-state index in [-0.39, 0.29) is 17.8 Å². The van der Waals surface area contributed by atoms with Gasteiger partial charge in [0.2, 0.25) is 0 Å². The third-order valence-corrected chi connectivity index (χ3v) is 2.83. The Balaban J connectivity index is 2.10. The molecule has 0 unspecified atom stereocenters. The number of ether oxygens (including phenoxy) is 1. The number of nitrogens with two attached hydrogens (primary N) is 1. The molecular weight excluding hydrogens is 274 g/mol. The van der Waals surface area contributed by atoms with Gasteiger partial charge in [-0.2, -0.15) is 0 Å². The Morgan fingerprint density at radius 1 is 1.69 bits per heavy atom. The first-order valence-electron chi connectivity index (χ1n) is 4.96. The average Bonchev–Trinajstić information content (AvgIpc) is 2.74. The molecule has 5 nitrogen and oxygen atoms in total. The SMILES string of the molecule is Nc1ncc(Br)cc1C(=O)N[C@H]1CCOC1. The summed E-state index contributed by atoms with van der Waals surface area (Å²) >= 11 is 3.25. The zero-order valence-electron chi connectivity index (χ0n) is 8.57. The predicted octanol–water partition coefficient (Wildman–Crippen LogP) is 0.945. The summed E-state index contributed by atoms with van der Waals surface area (Å²) in [7, 11) is 0. The number of hydrogen-bond donors (Lipinski definition) is 2. The van der Waals surface area contributed by atoms with E-state index < -0.39 is 0 Å². The lowest BCUT2D eigenvalue weighted by atomic mass is 10.2. The minimum Gasteiger partial charge on any atom is -0.383 e. The lowest BCUT2D eigenvalue weighted by molar-refractivity contribution is 0.0930. The number of nitrogens with zero attached hydrogens (tertiary/aromatic N) is 1. The van der Waals surface area contributed by atoms with Crippen molar-refractivity contribution in [3.05, 3.63) is 22.3 Å². The lowest BCUT2D eigenvalue weighted by Gasteiger charge is -2.11. The highest BCUT2D eigenvalue weighted by molar-refractivity contribution is 9.10. The Labute approximate surface area is 102 Å². The molecule has 0 aliphatic carbocycles. The second kappa shape index (κ2) is 4.80. The van der Waals surface area contributed by atoms with Crippen molar-refractivity contribution >= 4 is 27.7 Å². The van der Waals surface area contributed by atoms with Crippen LogP contribution in [-0.4, -0.2) is 30.1 Å². The molecule has 1 aliphatic rings. The number of carbonyl (C=O) groups is 1. The summed E-state index contributed by atoms with van der Waals surface area (Å²) in [5.74, 6) is 0.0291. The molecule has 1 aliphatic heterocycles. The van der Waals surface area contributed by atoms with E-state index >= 15 is 0 Å². The smallest absolute Gasteiger partial charge is 0.255 e. The fourth-order valence-electron chi connectivity index (χ4n) is 1.54. The van der Waals surface area contributed by atoms with Crippen LogP contribution in [0.25, 0.3) is 0 Å². The van der Waals surface area contributed by atoms with Crippen LogP contribution in [0.15, 0.2) is 16.7 Å². The third kappa shape index (κ3) is 2.51. The number of pyridine rings is 1. The topological polar surface area (TPSA) is 77.2 Å². The maximum atomic E-state index is 11.9. The number of rotatable bonds is 2. The Bertz CT molecular complexity index is 405. The van der Waals surface area contributed by atoms with Crippen molar-refractivity contribution in [3.63, 3.8) is 0 Å². The van der Waals surface area contributed by atoms with Crippen LogP contribution in [0.4, 0.5) is 5.82 Å². The van der Waals surface area contributed by atoms with Crippen LogP contribution < -0.4 is 11.1 Å². The van der Waals surface area contributed by atoms with Gasteiger partial charge in [0.15, 0.2) is 0 Å². The second-order valence-electron chi connectivity index (χ2n) is 3.62. The van der Waals surface area contributed by atoms with Gasteiger partial charge in [-0.25, -0.2) is 4.98 Å². The minimum absolute atomic E-state index is 0.0749. The van der Waals surface area contributed by atoms with E-state index in [1.807, 2.05) is 0 Å². The first-order valence-corrected chi connectivity index (χ1v) is 5.76. The zero-order chi connectivity index (χ0) is 11.5. The van der Waals surface area contributed by atoms with Crippen LogP contribution >= 0.6 is 15.9 Å². The number of anilines is 1. The van der Waals surface area contributed by atoms with Gasteiger partial charge in [0.25, 0.3) is 5.91 Å². The molecule has 0 bridgehead atoms. The molecule has 2 heterocycles. The lowest BCUT2D eigenvalue weighted by Crippen LogP contribution is -2.35. The van der Waals surface area contributed by atoms with Crippen molar-refractivity contribution in [1.29, 1.82) is 0 Å². The van der Waals surface area contributed by atoms with Gasteiger partial charge >= 0.3 is 0 Å². The van der Waals surface area contributed by atoms with Gasteiger partial charge in [0, 0.05) is 17.3 Å². The van der Waals surface area contributed by atoms with Crippen LogP contribution in [0.2, 0.25) is 0 Å². The molecule has 0 aromatic carbocycles. The molecule has 1 atom stereocenters. The number of halogens is 1. The molecule has 16 heavy (non-hydrogen) atoms. The molecule has 86 valence electrons. The summed E-state index contributed by atoms with van der Waals surface area (Å²) in [6, 6.07) is 1.74. The molecule has 1 saturated heterocycles. The van der Waals surface area contributed by atoms with E-state index in [1.165, 1.54) is 0 Å². The van der Waals surface area contributed by atoms with E-state index in [9.17, 15) is 4.79 Å². The number of nitrogen functional groups attached to an aromatic ring is 1. The van der Waals surface area contributed by atoms with Crippen molar-refractivity contribution < 1.29 is 9.53 Å². The van der Waals surface area contributed by atoms with Gasteiger partial charge in [-0.15, -0.1) is 0 Å². The molecule has 1 aromatic heterocycles. The Morgan fingerprint density at radius 3 is 3.19 bits per heavy atom. The summed E-state index contributed by atoms with van der Waals surface area (Å²) in [5, 5.41) is 2.86. The Morgan fingerprint density at radius 2 is 2.50 bits per heavy atom. The maximum absolute atomic E-state index is 11.9. The molecule has 2 rings (SSSR count). The largest absolute Gasteiger partial charge is 0.383 e. The van der Waals surface area contributed by atoms with Gasteiger partial charge in [-0.1, -0.05) is 0 Å². The predicted molar refractivity (Wildman–Crippen MR) is 63.0 cm³/mol. The number of amides is 1. The monoisotopic (exact) mass is 285 g/mol. The van der Waals surface area contributed by atoms with Crippen LogP contribution in [-0.2, 0) is 4.74 Å². The van der Waals surface area contributed by atoms with E-state index in [4.69, 9.17) is 10.5 Å². The fourth-order valence-corrected chi connectivity index (χ4v) is 1.87. The highest BCUT2D eigenvalue weighted by atomic mass is 79.9. The first-order chi connectivity index (χ1) is 7.66. The van der Waals surface area contributed by atoms with E-state index in [0.717, 1.165) is 10.9 Å². The van der Waals surface area contributed by atoms with E-state index in [2.05, 4.69) is 26.2 Å². The summed E-state index contributed by atoms with van der Waals surface area (Å²) in [4.78, 5) is 15.8. The molecule has 0 saturated carbocycles. The molecule has 1 amide bonds. The molecule has 0 radical (unpaired) electrons. The molecular formula is C10H12BrN3O2. The number of carbonyl (C=O) groups excluding carboxylic acids is 1. The quantitative estimate of drug-likeness (QED) is 0.848. The molecule has 3 N–H and O–H groups in total. The third-order valence-electron chi connectivity index (χ3n) is 2.39. The maximum Gasteiger partial charge on any atom is 0.255 e. The zero-order valence-corrected chi connectivity index (χ0v) is 10.2. The molecule has 1 aromatic rings. The van der Waals surface area contributed by atoms with Crippen LogP contribution in [0.3, 0.4) is 0 Å². The number of aromatic nitrogens is 1. The number of hydrogen-bond acceptors (Lipinski definition) is 4. The molecule has 6 heteroatoms. The van der Waals surface area contributed by atoms with Gasteiger partial charge in [-0.3, -0.25) is 4.79 Å². The summed E-state index contributed by atoms with van der Waals surface area (Å²) < 4.78 is 5.91. The normalized spacial score (nSPS) is 19.7. The van der Waals surface area contributed by atoms with Gasteiger partial charge < -0.3 is 15.8 Å².